The Morgan fingerprint density at radius 2 is 1.45 bits per heavy atom. The number of aromatic nitrogens is 4. The number of hydrogen-bond acceptors (Lipinski definition) is 5. The van der Waals surface area contributed by atoms with Crippen LogP contribution in [0.5, 0.6) is 5.75 Å². The molecule has 3 aliphatic carbocycles. The van der Waals surface area contributed by atoms with Gasteiger partial charge in [0.25, 0.3) is 0 Å². The second-order valence-corrected chi connectivity index (χ2v) is 12.3. The van der Waals surface area contributed by atoms with Gasteiger partial charge in [0, 0.05) is 12.6 Å². The summed E-state index contributed by atoms with van der Waals surface area (Å²) in [5, 5.41) is 14.1. The molecule has 2 heterocycles. The average molecular weight is 578 g/mol. The number of tetrazole rings is 1. The summed E-state index contributed by atoms with van der Waals surface area (Å²) in [6.45, 7) is 2.06. The third-order valence-electron chi connectivity index (χ3n) is 9.30. The van der Waals surface area contributed by atoms with Crippen molar-refractivity contribution < 1.29 is 9.13 Å². The lowest BCUT2D eigenvalue weighted by Gasteiger charge is -2.63. The first-order chi connectivity index (χ1) is 20.6. The Morgan fingerprint density at radius 1 is 0.881 bits per heavy atom. The third kappa shape index (κ3) is 3.79. The van der Waals surface area contributed by atoms with E-state index in [1.165, 1.54) is 19.3 Å². The largest absolute Gasteiger partial charge is 0.489 e. The molecule has 0 unspecified atom stereocenters. The van der Waals surface area contributed by atoms with Crippen LogP contribution in [-0.4, -0.2) is 39.9 Å². The summed E-state index contributed by atoms with van der Waals surface area (Å²) < 4.78 is 22.2. The van der Waals surface area contributed by atoms with Crippen molar-refractivity contribution in [2.45, 2.75) is 24.8 Å². The van der Waals surface area contributed by atoms with Crippen LogP contribution < -0.4 is 9.64 Å². The fourth-order valence-corrected chi connectivity index (χ4v) is 7.55. The summed E-state index contributed by atoms with van der Waals surface area (Å²) in [4.78, 5) is 3.87. The first-order valence-corrected chi connectivity index (χ1v) is 14.8. The Balaban J connectivity index is 1.34. The van der Waals surface area contributed by atoms with E-state index in [4.69, 9.17) is 21.4 Å². The lowest BCUT2D eigenvalue weighted by molar-refractivity contribution is -0.0980. The number of halogens is 2. The third-order valence-corrected chi connectivity index (χ3v) is 9.57. The van der Waals surface area contributed by atoms with Gasteiger partial charge in [0.1, 0.15) is 12.4 Å². The minimum Gasteiger partial charge on any atom is -0.489 e. The number of hydrogen-bond donors (Lipinski definition) is 0. The first-order valence-electron chi connectivity index (χ1n) is 14.4. The lowest BCUT2D eigenvalue weighted by Crippen LogP contribution is -2.58. The van der Waals surface area contributed by atoms with Crippen molar-refractivity contribution in [3.8, 4) is 17.1 Å². The zero-order chi connectivity index (χ0) is 28.3. The van der Waals surface area contributed by atoms with Crippen molar-refractivity contribution in [3.63, 3.8) is 0 Å². The van der Waals surface area contributed by atoms with Crippen molar-refractivity contribution in [1.82, 2.24) is 20.2 Å². The van der Waals surface area contributed by atoms with Crippen molar-refractivity contribution in [1.29, 1.82) is 0 Å². The van der Waals surface area contributed by atoms with E-state index in [-0.39, 0.29) is 16.4 Å². The molecule has 210 valence electrons. The predicted molar refractivity (Wildman–Crippen MR) is 160 cm³/mol. The average Bonchev–Trinajstić information content (AvgIpc) is 3.47. The Hall–Kier alpha value is -4.23. The highest BCUT2D eigenvalue weighted by Crippen LogP contribution is 2.65. The zero-order valence-corrected chi connectivity index (χ0v) is 23.7. The molecule has 8 heteroatoms. The Kier molecular flexibility index (Phi) is 5.86. The van der Waals surface area contributed by atoms with Gasteiger partial charge in [-0.25, -0.2) is 4.39 Å². The van der Waals surface area contributed by atoms with Gasteiger partial charge in [-0.1, -0.05) is 103 Å². The molecule has 0 saturated heterocycles. The Bertz CT molecular complexity index is 1650. The van der Waals surface area contributed by atoms with E-state index in [9.17, 15) is 0 Å². The van der Waals surface area contributed by atoms with Crippen LogP contribution in [0.2, 0.25) is 5.02 Å². The number of ether oxygens (including phenoxy) is 1. The summed E-state index contributed by atoms with van der Waals surface area (Å²) in [6, 6.07) is 31.9. The topological polar surface area (TPSA) is 56.1 Å². The van der Waals surface area contributed by atoms with Gasteiger partial charge in [-0.2, -0.15) is 0 Å². The number of benzene rings is 4. The minimum atomic E-state index is -0.966. The molecule has 42 heavy (non-hydrogen) atoms. The molecule has 6 nitrogen and oxygen atoms in total. The molecule has 1 aromatic heterocycles. The maximum absolute atomic E-state index is 16.1. The van der Waals surface area contributed by atoms with E-state index >= 15 is 4.39 Å². The second-order valence-electron chi connectivity index (χ2n) is 11.9. The van der Waals surface area contributed by atoms with Gasteiger partial charge in [-0.3, -0.25) is 0 Å². The van der Waals surface area contributed by atoms with E-state index in [1.54, 1.807) is 10.9 Å². The normalized spacial score (nSPS) is 20.7. The fraction of sp³-hybridized carbons (Fsp3) is 0.265. The molecule has 3 saturated carbocycles. The maximum atomic E-state index is 16.1. The summed E-state index contributed by atoms with van der Waals surface area (Å²) in [5.74, 6) is 1.03. The molecule has 0 N–H and O–H groups in total. The summed E-state index contributed by atoms with van der Waals surface area (Å²) in [5.41, 5.74) is 3.11. The molecule has 3 fully saturated rings. The van der Waals surface area contributed by atoms with Crippen molar-refractivity contribution >= 4 is 17.3 Å². The lowest BCUT2D eigenvalue weighted by atomic mass is 9.44. The molecule has 2 bridgehead atoms. The molecular weight excluding hydrogens is 549 g/mol. The van der Waals surface area contributed by atoms with Crippen LogP contribution in [0.1, 0.15) is 36.0 Å². The van der Waals surface area contributed by atoms with Gasteiger partial charge < -0.3 is 9.64 Å². The molecule has 4 aromatic carbocycles. The highest BCUT2D eigenvalue weighted by molar-refractivity contribution is 6.31. The molecule has 5 aromatic rings. The van der Waals surface area contributed by atoms with Crippen molar-refractivity contribution in [2.75, 3.05) is 24.6 Å². The molecule has 0 amide bonds. The van der Waals surface area contributed by atoms with Crippen LogP contribution in [0, 0.1) is 17.2 Å². The van der Waals surface area contributed by atoms with Crippen LogP contribution in [0.25, 0.3) is 11.4 Å². The smallest absolute Gasteiger partial charge is 0.210 e. The number of nitrogens with zero attached hydrogens (tertiary/aromatic N) is 5. The van der Waals surface area contributed by atoms with Crippen LogP contribution in [0.4, 0.5) is 10.1 Å². The number of rotatable bonds is 7. The summed E-state index contributed by atoms with van der Waals surface area (Å²) in [6.07, 6.45) is 3.73. The molecule has 1 aliphatic heterocycles. The quantitative estimate of drug-likeness (QED) is 0.196. The predicted octanol–water partition coefficient (Wildman–Crippen LogP) is 6.97. The minimum absolute atomic E-state index is 0.0205. The van der Waals surface area contributed by atoms with E-state index in [1.807, 2.05) is 54.6 Å². The molecule has 4 aliphatic rings. The van der Waals surface area contributed by atoms with Gasteiger partial charge in [0.05, 0.1) is 22.8 Å². The van der Waals surface area contributed by atoms with Crippen LogP contribution in [0.3, 0.4) is 0 Å². The summed E-state index contributed by atoms with van der Waals surface area (Å²) in [7, 11) is 0. The standard InChI is InChI=1S/C34H29ClFN5O/c35-27-18-28-31(40(16-17-42-28)22-33-19-23(20-33)21-33)29(30(27)36)32-37-39-41(38-32)34(24-10-4-1-5-11-24,25-12-6-2-7-13-25)26-14-8-3-9-15-26/h1-15,18,23H,16-17,19-22H2. The molecule has 0 radical (unpaired) electrons. The van der Waals surface area contributed by atoms with E-state index in [2.05, 4.69) is 51.6 Å². The van der Waals surface area contributed by atoms with Gasteiger partial charge >= 0.3 is 0 Å². The Morgan fingerprint density at radius 3 is 1.98 bits per heavy atom. The van der Waals surface area contributed by atoms with Gasteiger partial charge in [0.15, 0.2) is 11.4 Å². The van der Waals surface area contributed by atoms with Gasteiger partial charge in [-0.05, 0) is 52.5 Å². The number of fused-ring (bicyclic) bond motifs is 1. The van der Waals surface area contributed by atoms with Crippen molar-refractivity contribution in [3.05, 3.63) is 125 Å². The van der Waals surface area contributed by atoms with E-state index in [0.717, 1.165) is 29.2 Å². The zero-order valence-electron chi connectivity index (χ0n) is 23.0. The molecule has 0 spiro atoms. The van der Waals surface area contributed by atoms with Crippen LogP contribution >= 0.6 is 11.6 Å². The number of anilines is 1. The van der Waals surface area contributed by atoms with Crippen LogP contribution in [0.15, 0.2) is 97.1 Å². The summed E-state index contributed by atoms with van der Waals surface area (Å²) >= 11 is 6.46. The highest BCUT2D eigenvalue weighted by Gasteiger charge is 2.57. The fourth-order valence-electron chi connectivity index (χ4n) is 7.35. The van der Waals surface area contributed by atoms with Crippen molar-refractivity contribution in [2.24, 2.45) is 11.3 Å². The van der Waals surface area contributed by atoms with E-state index in [0.29, 0.717) is 30.0 Å². The van der Waals surface area contributed by atoms with Gasteiger partial charge in [-0.15, -0.1) is 15.0 Å². The molecular formula is C34H29ClFN5O. The van der Waals surface area contributed by atoms with Crippen LogP contribution in [-0.2, 0) is 5.54 Å². The highest BCUT2D eigenvalue weighted by atomic mass is 35.5. The monoisotopic (exact) mass is 577 g/mol. The second kappa shape index (κ2) is 9.66. The maximum Gasteiger partial charge on any atom is 0.210 e. The SMILES string of the molecule is Fc1c(Cl)cc2c(c1-c1nnn(C(c3ccccc3)(c3ccccc3)c3ccccc3)n1)N(CC13CC(C1)C3)CCO2. The first kappa shape index (κ1) is 25.5. The Labute approximate surface area is 248 Å². The molecule has 0 atom stereocenters. The molecule has 9 rings (SSSR count). The van der Waals surface area contributed by atoms with E-state index < -0.39 is 11.4 Å². The van der Waals surface area contributed by atoms with Gasteiger partial charge in [0.2, 0.25) is 5.82 Å².